The van der Waals surface area contributed by atoms with E-state index < -0.39 is 4.92 Å². The molecule has 0 aromatic carbocycles. The zero-order valence-electron chi connectivity index (χ0n) is 5.74. The van der Waals surface area contributed by atoms with Crippen LogP contribution in [-0.2, 0) is 0 Å². The molecule has 0 aliphatic heterocycles. The molecule has 0 amide bonds. The summed E-state index contributed by atoms with van der Waals surface area (Å²) in [5.41, 5.74) is 0.624. The molecule has 0 spiro atoms. The third-order valence-corrected chi connectivity index (χ3v) is 2.03. The van der Waals surface area contributed by atoms with E-state index in [9.17, 15) is 10.1 Å². The largest absolute Gasteiger partial charge is 0.363 e. The third kappa shape index (κ3) is 1.74. The van der Waals surface area contributed by atoms with Crippen LogP contribution in [0.4, 0.5) is 5.82 Å². The summed E-state index contributed by atoms with van der Waals surface area (Å²) < 4.78 is 0.781. The van der Waals surface area contributed by atoms with E-state index in [4.69, 9.17) is 0 Å². The van der Waals surface area contributed by atoms with Crippen molar-refractivity contribution >= 4 is 21.7 Å². The maximum atomic E-state index is 10.2. The highest BCUT2D eigenvalue weighted by Gasteiger charge is 2.08. The number of pyridine rings is 1. The molecule has 1 aromatic heterocycles. The summed E-state index contributed by atoms with van der Waals surface area (Å²) in [6, 6.07) is 2.97. The number of hydrogen-bond donors (Lipinski definition) is 0. The minimum Gasteiger partial charge on any atom is -0.358 e. The molecule has 0 atom stereocenters. The van der Waals surface area contributed by atoms with Crippen molar-refractivity contribution in [1.82, 2.24) is 4.98 Å². The maximum Gasteiger partial charge on any atom is 0.363 e. The second-order valence-electron chi connectivity index (χ2n) is 1.99. The van der Waals surface area contributed by atoms with Crippen LogP contribution in [0.15, 0.2) is 16.6 Å². The van der Waals surface area contributed by atoms with Crippen LogP contribution in [0.2, 0.25) is 0 Å². The van der Waals surface area contributed by atoms with Gasteiger partial charge in [-0.05, 0) is 31.9 Å². The summed E-state index contributed by atoms with van der Waals surface area (Å²) in [7, 11) is 0. The van der Waals surface area contributed by atoms with E-state index in [1.165, 1.54) is 6.07 Å². The van der Waals surface area contributed by atoms with Gasteiger partial charge in [0.1, 0.15) is 0 Å². The molecule has 0 saturated heterocycles. The first-order chi connectivity index (χ1) is 5.11. The van der Waals surface area contributed by atoms with Crippen molar-refractivity contribution in [2.45, 2.75) is 6.92 Å². The summed E-state index contributed by atoms with van der Waals surface area (Å²) in [4.78, 5) is 13.4. The van der Waals surface area contributed by atoms with E-state index in [-0.39, 0.29) is 5.82 Å². The highest BCUT2D eigenvalue weighted by atomic mass is 79.9. The molecule has 0 aliphatic rings. The first-order valence-electron chi connectivity index (χ1n) is 2.89. The molecule has 5 heteroatoms. The zero-order chi connectivity index (χ0) is 8.43. The second kappa shape index (κ2) is 2.96. The minimum atomic E-state index is -0.514. The zero-order valence-corrected chi connectivity index (χ0v) is 7.33. The smallest absolute Gasteiger partial charge is 0.358 e. The lowest BCUT2D eigenvalue weighted by atomic mass is 10.4. The molecule has 4 nitrogen and oxygen atoms in total. The van der Waals surface area contributed by atoms with Gasteiger partial charge in [0.15, 0.2) is 5.69 Å². The highest BCUT2D eigenvalue weighted by Crippen LogP contribution is 2.16. The standard InChI is InChI=1S/C6H5BrN2O2/c1-4-5(7)2-3-6(8-4)9(10)11/h2-3H,1H3. The van der Waals surface area contributed by atoms with Crippen molar-refractivity contribution in [2.24, 2.45) is 0 Å². The van der Waals surface area contributed by atoms with Crippen LogP contribution in [0.3, 0.4) is 0 Å². The Morgan fingerprint density at radius 3 is 2.73 bits per heavy atom. The Labute approximate surface area is 71.5 Å². The van der Waals surface area contributed by atoms with Crippen LogP contribution >= 0.6 is 15.9 Å². The lowest BCUT2D eigenvalue weighted by molar-refractivity contribution is -0.389. The second-order valence-corrected chi connectivity index (χ2v) is 2.85. The topological polar surface area (TPSA) is 56.0 Å². The van der Waals surface area contributed by atoms with Crippen molar-refractivity contribution in [1.29, 1.82) is 0 Å². The van der Waals surface area contributed by atoms with Gasteiger partial charge in [-0.15, -0.1) is 0 Å². The molecule has 0 unspecified atom stereocenters. The number of aromatic nitrogens is 1. The van der Waals surface area contributed by atoms with Gasteiger partial charge in [-0.25, -0.2) is 0 Å². The first kappa shape index (κ1) is 8.13. The predicted molar refractivity (Wildman–Crippen MR) is 43.3 cm³/mol. The van der Waals surface area contributed by atoms with E-state index in [0.29, 0.717) is 5.69 Å². The van der Waals surface area contributed by atoms with Gasteiger partial charge < -0.3 is 10.1 Å². The van der Waals surface area contributed by atoms with E-state index >= 15 is 0 Å². The fraction of sp³-hybridized carbons (Fsp3) is 0.167. The molecule has 0 bridgehead atoms. The molecule has 1 heterocycles. The van der Waals surface area contributed by atoms with Gasteiger partial charge in [-0.1, -0.05) is 0 Å². The number of rotatable bonds is 1. The SMILES string of the molecule is Cc1nc([N+](=O)[O-])ccc1Br. The third-order valence-electron chi connectivity index (χ3n) is 1.19. The predicted octanol–water partition coefficient (Wildman–Crippen LogP) is 2.06. The van der Waals surface area contributed by atoms with Gasteiger partial charge in [0.2, 0.25) is 0 Å². The lowest BCUT2D eigenvalue weighted by Crippen LogP contribution is -1.93. The Hall–Kier alpha value is -0.970. The van der Waals surface area contributed by atoms with Gasteiger partial charge in [-0.2, -0.15) is 0 Å². The average Bonchev–Trinajstić information content (AvgIpc) is 1.94. The molecule has 58 valence electrons. The monoisotopic (exact) mass is 216 g/mol. The van der Waals surface area contributed by atoms with E-state index in [1.807, 2.05) is 0 Å². The van der Waals surface area contributed by atoms with E-state index in [0.717, 1.165) is 4.47 Å². The molecule has 1 aromatic rings. The molecule has 0 radical (unpaired) electrons. The number of nitro groups is 1. The van der Waals surface area contributed by atoms with Crippen molar-refractivity contribution in [3.8, 4) is 0 Å². The van der Waals surface area contributed by atoms with Gasteiger partial charge >= 0.3 is 5.82 Å². The Bertz CT molecular complexity index is 301. The van der Waals surface area contributed by atoms with Gasteiger partial charge in [0.05, 0.1) is 4.47 Å². The van der Waals surface area contributed by atoms with Crippen molar-refractivity contribution in [3.05, 3.63) is 32.4 Å². The van der Waals surface area contributed by atoms with Crippen LogP contribution in [0.1, 0.15) is 5.69 Å². The highest BCUT2D eigenvalue weighted by molar-refractivity contribution is 9.10. The minimum absolute atomic E-state index is 0.120. The van der Waals surface area contributed by atoms with Crippen molar-refractivity contribution < 1.29 is 4.92 Å². The number of halogens is 1. The summed E-state index contributed by atoms with van der Waals surface area (Å²) in [5.74, 6) is -0.120. The Morgan fingerprint density at radius 1 is 1.64 bits per heavy atom. The van der Waals surface area contributed by atoms with Crippen molar-refractivity contribution in [3.63, 3.8) is 0 Å². The summed E-state index contributed by atoms with van der Waals surface area (Å²) in [5, 5.41) is 10.2. The van der Waals surface area contributed by atoms with Gasteiger partial charge in [-0.3, -0.25) is 0 Å². The van der Waals surface area contributed by atoms with E-state index in [1.54, 1.807) is 13.0 Å². The fourth-order valence-corrected chi connectivity index (χ4v) is 0.853. The fourth-order valence-electron chi connectivity index (χ4n) is 0.632. The summed E-state index contributed by atoms with van der Waals surface area (Å²) in [6.07, 6.45) is 0. The van der Waals surface area contributed by atoms with Crippen LogP contribution in [0.25, 0.3) is 0 Å². The lowest BCUT2D eigenvalue weighted by Gasteiger charge is -1.92. The maximum absolute atomic E-state index is 10.2. The first-order valence-corrected chi connectivity index (χ1v) is 3.68. The number of hydrogen-bond acceptors (Lipinski definition) is 3. The normalized spacial score (nSPS) is 9.64. The molecule has 1 rings (SSSR count). The molecule has 0 fully saturated rings. The molecular weight excluding hydrogens is 212 g/mol. The molecule has 0 N–H and O–H groups in total. The van der Waals surface area contributed by atoms with E-state index in [2.05, 4.69) is 20.9 Å². The average molecular weight is 217 g/mol. The number of aryl methyl sites for hydroxylation is 1. The molecular formula is C6H5BrN2O2. The summed E-state index contributed by atoms with van der Waals surface area (Å²) in [6.45, 7) is 1.71. The van der Waals surface area contributed by atoms with Crippen LogP contribution in [0.5, 0.6) is 0 Å². The Kier molecular flexibility index (Phi) is 2.19. The van der Waals surface area contributed by atoms with Gasteiger partial charge in [0, 0.05) is 13.0 Å². The van der Waals surface area contributed by atoms with Gasteiger partial charge in [0.25, 0.3) is 0 Å². The quantitative estimate of drug-likeness (QED) is 0.534. The van der Waals surface area contributed by atoms with Crippen LogP contribution < -0.4 is 0 Å². The summed E-state index contributed by atoms with van der Waals surface area (Å²) >= 11 is 3.19. The van der Waals surface area contributed by atoms with Crippen molar-refractivity contribution in [2.75, 3.05) is 0 Å². The van der Waals surface area contributed by atoms with Crippen LogP contribution in [-0.4, -0.2) is 9.91 Å². The van der Waals surface area contributed by atoms with Crippen LogP contribution in [0, 0.1) is 17.0 Å². The molecule has 11 heavy (non-hydrogen) atoms. The molecule has 0 saturated carbocycles. The Morgan fingerprint density at radius 2 is 2.27 bits per heavy atom. The Balaban J connectivity index is 3.15. The number of nitrogens with zero attached hydrogens (tertiary/aromatic N) is 2. The molecule has 0 aliphatic carbocycles.